The molecular formula is C22H32N4O5S2. The molecule has 2 rings (SSSR count). The summed E-state index contributed by atoms with van der Waals surface area (Å²) >= 11 is 5.52. The first-order valence-corrected chi connectivity index (χ1v) is 12.7. The van der Waals surface area contributed by atoms with Crippen LogP contribution < -0.4 is 21.3 Å². The predicted molar refractivity (Wildman–Crippen MR) is 133 cm³/mol. The number of hydrogen-bond acceptors (Lipinski definition) is 7. The Bertz CT molecular complexity index is 882. The molecule has 33 heavy (non-hydrogen) atoms. The number of thiol groups is 1. The number of carboxylic acids is 1. The maximum atomic E-state index is 13.7. The Kier molecular flexibility index (Phi) is 10.1. The first kappa shape index (κ1) is 27.0. The van der Waals surface area contributed by atoms with E-state index >= 15 is 0 Å². The molecule has 182 valence electrons. The van der Waals surface area contributed by atoms with Gasteiger partial charge in [-0.2, -0.15) is 24.4 Å². The molecule has 3 amide bonds. The Balaban J connectivity index is 2.34. The Morgan fingerprint density at radius 2 is 1.91 bits per heavy atom. The molecule has 0 fully saturated rings. The van der Waals surface area contributed by atoms with E-state index in [4.69, 9.17) is 5.73 Å². The van der Waals surface area contributed by atoms with Crippen molar-refractivity contribution in [2.45, 2.75) is 50.9 Å². The quantitative estimate of drug-likeness (QED) is 0.283. The zero-order chi connectivity index (χ0) is 24.7. The Labute approximate surface area is 203 Å². The summed E-state index contributed by atoms with van der Waals surface area (Å²) in [6.07, 6.45) is 2.37. The maximum absolute atomic E-state index is 13.7. The zero-order valence-electron chi connectivity index (χ0n) is 19.0. The number of rotatable bonds is 11. The van der Waals surface area contributed by atoms with Crippen molar-refractivity contribution in [2.75, 3.05) is 22.7 Å². The number of carboxylic acid groups (broad SMARTS) is 1. The van der Waals surface area contributed by atoms with Crippen LogP contribution in [0, 0.1) is 5.92 Å². The van der Waals surface area contributed by atoms with E-state index in [1.165, 1.54) is 16.7 Å². The highest BCUT2D eigenvalue weighted by Crippen LogP contribution is 2.33. The van der Waals surface area contributed by atoms with Gasteiger partial charge in [0.1, 0.15) is 18.1 Å². The lowest BCUT2D eigenvalue weighted by molar-refractivity contribution is -0.142. The Hall–Kier alpha value is -2.24. The van der Waals surface area contributed by atoms with Crippen LogP contribution in [0.2, 0.25) is 0 Å². The zero-order valence-corrected chi connectivity index (χ0v) is 20.7. The van der Waals surface area contributed by atoms with Gasteiger partial charge in [0.25, 0.3) is 5.91 Å². The van der Waals surface area contributed by atoms with Gasteiger partial charge in [-0.15, -0.1) is 0 Å². The maximum Gasteiger partial charge on any atom is 0.326 e. The molecule has 0 radical (unpaired) electrons. The normalized spacial score (nSPS) is 17.8. The van der Waals surface area contributed by atoms with Gasteiger partial charge < -0.3 is 21.5 Å². The highest BCUT2D eigenvalue weighted by Gasteiger charge is 2.42. The van der Waals surface area contributed by atoms with Crippen LogP contribution in [0.1, 0.15) is 25.8 Å². The van der Waals surface area contributed by atoms with Gasteiger partial charge in [-0.1, -0.05) is 32.0 Å². The number of anilines is 1. The molecule has 4 atom stereocenters. The van der Waals surface area contributed by atoms with Crippen molar-refractivity contribution >= 4 is 53.8 Å². The van der Waals surface area contributed by atoms with Crippen molar-refractivity contribution in [3.05, 3.63) is 29.8 Å². The van der Waals surface area contributed by atoms with Crippen LogP contribution in [0.25, 0.3) is 0 Å². The van der Waals surface area contributed by atoms with Crippen molar-refractivity contribution < 1.29 is 24.3 Å². The smallest absolute Gasteiger partial charge is 0.326 e. The molecule has 5 N–H and O–H groups in total. The fourth-order valence-electron chi connectivity index (χ4n) is 3.64. The van der Waals surface area contributed by atoms with Crippen LogP contribution in [-0.2, 0) is 25.6 Å². The van der Waals surface area contributed by atoms with Crippen LogP contribution in [0.3, 0.4) is 0 Å². The van der Waals surface area contributed by atoms with Gasteiger partial charge in [-0.05, 0) is 36.0 Å². The van der Waals surface area contributed by atoms with Crippen molar-refractivity contribution in [1.29, 1.82) is 0 Å². The summed E-state index contributed by atoms with van der Waals surface area (Å²) < 4.78 is 0. The molecule has 0 aromatic heterocycles. The van der Waals surface area contributed by atoms with E-state index in [1.54, 1.807) is 26.0 Å². The first-order chi connectivity index (χ1) is 15.6. The summed E-state index contributed by atoms with van der Waals surface area (Å²) in [6, 6.07) is 3.36. The van der Waals surface area contributed by atoms with Crippen molar-refractivity contribution in [2.24, 2.45) is 11.7 Å². The molecule has 0 aliphatic carbocycles. The van der Waals surface area contributed by atoms with Gasteiger partial charge >= 0.3 is 5.97 Å². The lowest BCUT2D eigenvalue weighted by atomic mass is 10.0. The molecule has 0 unspecified atom stereocenters. The third-order valence-corrected chi connectivity index (χ3v) is 6.54. The molecule has 1 aromatic rings. The summed E-state index contributed by atoms with van der Waals surface area (Å²) in [5, 5.41) is 14.8. The van der Waals surface area contributed by atoms with Crippen LogP contribution in [0.15, 0.2) is 24.3 Å². The standard InChI is InChI=1S/C22H32N4O5S2/c1-12(2)18(25-19(27)14(23)11-32)21(29)26-16-7-5-4-6-13(16)10-17(26)20(28)24-15(22(30)31)8-9-33-3/h4-7,12,14-15,17-18,32H,8-11,23H2,1-3H3,(H,24,28)(H,25,27)(H,30,31)/t14-,15-,17-,18-/m1/s1. The number of nitrogens with zero attached hydrogens (tertiary/aromatic N) is 1. The third-order valence-electron chi connectivity index (χ3n) is 5.51. The second kappa shape index (κ2) is 12.3. The molecule has 1 aliphatic rings. The van der Waals surface area contributed by atoms with Crippen molar-refractivity contribution in [1.82, 2.24) is 10.6 Å². The molecule has 0 spiro atoms. The average Bonchev–Trinajstić information content (AvgIpc) is 3.18. The molecule has 9 nitrogen and oxygen atoms in total. The third kappa shape index (κ3) is 6.64. The van der Waals surface area contributed by atoms with Crippen LogP contribution in [0.5, 0.6) is 0 Å². The molecule has 11 heteroatoms. The highest BCUT2D eigenvalue weighted by atomic mass is 32.2. The summed E-state index contributed by atoms with van der Waals surface area (Å²) in [4.78, 5) is 52.2. The van der Waals surface area contributed by atoms with E-state index in [9.17, 15) is 24.3 Å². The monoisotopic (exact) mass is 496 g/mol. The largest absolute Gasteiger partial charge is 0.480 e. The van der Waals surface area contributed by atoms with E-state index in [0.29, 0.717) is 11.4 Å². The second-order valence-electron chi connectivity index (χ2n) is 8.26. The molecule has 1 heterocycles. The minimum atomic E-state index is -1.13. The summed E-state index contributed by atoms with van der Waals surface area (Å²) in [5.74, 6) is -2.22. The lowest BCUT2D eigenvalue weighted by Crippen LogP contribution is -2.59. The van der Waals surface area contributed by atoms with Gasteiger partial charge in [0.2, 0.25) is 11.8 Å². The number of carbonyl (C=O) groups excluding carboxylic acids is 3. The summed E-state index contributed by atoms with van der Waals surface area (Å²) in [6.45, 7) is 3.57. The van der Waals surface area contributed by atoms with E-state index < -0.39 is 47.9 Å². The number of aliphatic carboxylic acids is 1. The number of nitrogens with two attached hydrogens (primary N) is 1. The number of fused-ring (bicyclic) bond motifs is 1. The number of nitrogens with one attached hydrogen (secondary N) is 2. The molecule has 0 bridgehead atoms. The van der Waals surface area contributed by atoms with Gasteiger partial charge in [-0.25, -0.2) is 4.79 Å². The number of amides is 3. The minimum Gasteiger partial charge on any atom is -0.480 e. The van der Waals surface area contributed by atoms with Crippen LogP contribution >= 0.6 is 24.4 Å². The second-order valence-corrected chi connectivity index (χ2v) is 9.61. The topological polar surface area (TPSA) is 142 Å². The van der Waals surface area contributed by atoms with Crippen molar-refractivity contribution in [3.8, 4) is 0 Å². The van der Waals surface area contributed by atoms with Crippen LogP contribution in [0.4, 0.5) is 5.69 Å². The van der Waals surface area contributed by atoms with E-state index in [2.05, 4.69) is 23.3 Å². The van der Waals surface area contributed by atoms with Gasteiger partial charge in [0.15, 0.2) is 0 Å². The molecule has 1 aliphatic heterocycles. The summed E-state index contributed by atoms with van der Waals surface area (Å²) in [7, 11) is 0. The average molecular weight is 497 g/mol. The number of thioether (sulfide) groups is 1. The minimum absolute atomic E-state index is 0.120. The number of benzene rings is 1. The van der Waals surface area contributed by atoms with Gasteiger partial charge in [0.05, 0.1) is 6.04 Å². The SMILES string of the molecule is CSCC[C@@H](NC(=O)[C@H]1Cc2ccccc2N1C(=O)[C@H](NC(=O)[C@H](N)CS)C(C)C)C(=O)O. The number of carbonyl (C=O) groups is 4. The molecular weight excluding hydrogens is 464 g/mol. The molecule has 0 saturated heterocycles. The van der Waals surface area contributed by atoms with Gasteiger partial charge in [0, 0.05) is 17.9 Å². The summed E-state index contributed by atoms with van der Waals surface area (Å²) in [5.41, 5.74) is 7.12. The fourth-order valence-corrected chi connectivity index (χ4v) is 4.27. The number of para-hydroxylation sites is 1. The van der Waals surface area contributed by atoms with E-state index in [0.717, 1.165) is 5.56 Å². The van der Waals surface area contributed by atoms with E-state index in [1.807, 2.05) is 18.4 Å². The first-order valence-electron chi connectivity index (χ1n) is 10.7. The Morgan fingerprint density at radius 1 is 1.24 bits per heavy atom. The molecule has 0 saturated carbocycles. The van der Waals surface area contributed by atoms with Crippen molar-refractivity contribution in [3.63, 3.8) is 0 Å². The fraction of sp³-hybridized carbons (Fsp3) is 0.545. The van der Waals surface area contributed by atoms with E-state index in [-0.39, 0.29) is 24.5 Å². The number of hydrogen-bond donors (Lipinski definition) is 5. The van der Waals surface area contributed by atoms with Crippen LogP contribution in [-0.4, -0.2) is 70.7 Å². The highest BCUT2D eigenvalue weighted by molar-refractivity contribution is 7.98. The Morgan fingerprint density at radius 3 is 2.48 bits per heavy atom. The van der Waals surface area contributed by atoms with Gasteiger partial charge in [-0.3, -0.25) is 19.3 Å². The lowest BCUT2D eigenvalue weighted by Gasteiger charge is -2.32. The molecule has 1 aromatic carbocycles. The predicted octanol–water partition coefficient (Wildman–Crippen LogP) is 0.665.